The molecule has 1 N–H and O–H groups in total. The van der Waals surface area contributed by atoms with E-state index < -0.39 is 0 Å². The zero-order chi connectivity index (χ0) is 17.5. The highest BCUT2D eigenvalue weighted by atomic mass is 16.3. The summed E-state index contributed by atoms with van der Waals surface area (Å²) < 4.78 is 0. The summed E-state index contributed by atoms with van der Waals surface area (Å²) in [5.41, 5.74) is 3.54. The normalized spacial score (nSPS) is 16.3. The van der Waals surface area contributed by atoms with Crippen molar-refractivity contribution in [2.24, 2.45) is 0 Å². The number of nitrogens with zero attached hydrogens (tertiary/aromatic N) is 2. The molecule has 4 nitrogen and oxygen atoms in total. The summed E-state index contributed by atoms with van der Waals surface area (Å²) in [7, 11) is 2.11. The van der Waals surface area contributed by atoms with Gasteiger partial charge < -0.3 is 14.9 Å². The number of aliphatic hydroxyl groups excluding tert-OH is 1. The van der Waals surface area contributed by atoms with E-state index in [1.165, 1.54) is 11.1 Å². The van der Waals surface area contributed by atoms with Crippen LogP contribution in [0.2, 0.25) is 0 Å². The van der Waals surface area contributed by atoms with Crippen molar-refractivity contribution in [2.45, 2.75) is 39.2 Å². The van der Waals surface area contributed by atoms with Crippen LogP contribution in [0, 0.1) is 13.8 Å². The Balaban J connectivity index is 1.85. The van der Waals surface area contributed by atoms with Gasteiger partial charge in [-0.2, -0.15) is 0 Å². The van der Waals surface area contributed by atoms with Crippen LogP contribution in [0.5, 0.6) is 0 Å². The molecule has 4 heteroatoms. The Bertz CT molecular complexity index is 575. The fourth-order valence-corrected chi connectivity index (χ4v) is 3.31. The number of benzene rings is 1. The molecule has 2 rings (SSSR count). The lowest BCUT2D eigenvalue weighted by atomic mass is 10.0. The molecule has 0 aliphatic carbocycles. The van der Waals surface area contributed by atoms with Gasteiger partial charge in [-0.1, -0.05) is 23.8 Å². The largest absolute Gasteiger partial charge is 0.396 e. The van der Waals surface area contributed by atoms with Gasteiger partial charge in [0, 0.05) is 38.4 Å². The van der Waals surface area contributed by atoms with E-state index in [9.17, 15) is 4.79 Å². The van der Waals surface area contributed by atoms with E-state index >= 15 is 0 Å². The molecule has 0 atom stereocenters. The first-order valence-electron chi connectivity index (χ1n) is 8.86. The van der Waals surface area contributed by atoms with Crippen molar-refractivity contribution in [3.05, 3.63) is 41.0 Å². The minimum atomic E-state index is 0.103. The number of carbonyl (C=O) groups is 1. The maximum atomic E-state index is 12.4. The molecule has 1 heterocycles. The number of hydrogen-bond donors (Lipinski definition) is 1. The second kappa shape index (κ2) is 9.00. The molecular formula is C20H30N2O2. The van der Waals surface area contributed by atoms with Crippen LogP contribution in [-0.2, 0) is 4.79 Å². The number of rotatable bonds is 6. The molecule has 0 aromatic heterocycles. The van der Waals surface area contributed by atoms with Crippen molar-refractivity contribution in [3.63, 3.8) is 0 Å². The Hall–Kier alpha value is -1.65. The van der Waals surface area contributed by atoms with Crippen molar-refractivity contribution >= 4 is 12.0 Å². The van der Waals surface area contributed by atoms with Gasteiger partial charge >= 0.3 is 0 Å². The molecule has 0 spiro atoms. The third kappa shape index (κ3) is 5.18. The molecule has 1 aliphatic rings. The monoisotopic (exact) mass is 330 g/mol. The third-order valence-corrected chi connectivity index (χ3v) is 4.90. The molecule has 1 aliphatic heterocycles. The lowest BCUT2D eigenvalue weighted by Crippen LogP contribution is -2.45. The van der Waals surface area contributed by atoms with Crippen molar-refractivity contribution in [2.75, 3.05) is 33.3 Å². The minimum Gasteiger partial charge on any atom is -0.396 e. The van der Waals surface area contributed by atoms with Crippen molar-refractivity contribution < 1.29 is 9.90 Å². The van der Waals surface area contributed by atoms with Gasteiger partial charge in [-0.05, 0) is 57.4 Å². The highest BCUT2D eigenvalue weighted by Crippen LogP contribution is 2.17. The first kappa shape index (κ1) is 18.7. The van der Waals surface area contributed by atoms with Crippen molar-refractivity contribution in [1.82, 2.24) is 9.80 Å². The zero-order valence-corrected chi connectivity index (χ0v) is 15.2. The molecule has 0 unspecified atom stereocenters. The Morgan fingerprint density at radius 3 is 2.67 bits per heavy atom. The standard InChI is InChI=1S/C20H30N2O2/c1-16-5-6-18(17(2)15-16)7-8-20(24)22-12-9-19(10-13-22)21(3)11-4-14-23/h5-8,15,19,23H,4,9-14H2,1-3H3/b8-7+. The lowest BCUT2D eigenvalue weighted by molar-refractivity contribution is -0.127. The van der Waals surface area contributed by atoms with Gasteiger partial charge in [0.25, 0.3) is 0 Å². The number of likely N-dealkylation sites (tertiary alicyclic amines) is 1. The van der Waals surface area contributed by atoms with Gasteiger partial charge in [0.05, 0.1) is 0 Å². The first-order chi connectivity index (χ1) is 11.5. The van der Waals surface area contributed by atoms with Gasteiger partial charge in [-0.15, -0.1) is 0 Å². The summed E-state index contributed by atoms with van der Waals surface area (Å²) in [5, 5.41) is 8.93. The number of aliphatic hydroxyl groups is 1. The summed E-state index contributed by atoms with van der Waals surface area (Å²) in [6.07, 6.45) is 6.45. The number of piperidine rings is 1. The second-order valence-corrected chi connectivity index (χ2v) is 6.81. The van der Waals surface area contributed by atoms with E-state index in [1.807, 2.05) is 11.0 Å². The first-order valence-corrected chi connectivity index (χ1v) is 8.86. The van der Waals surface area contributed by atoms with Crippen LogP contribution >= 0.6 is 0 Å². The number of hydrogen-bond acceptors (Lipinski definition) is 3. The van der Waals surface area contributed by atoms with Crippen molar-refractivity contribution in [3.8, 4) is 0 Å². The van der Waals surface area contributed by atoms with Gasteiger partial charge in [0.15, 0.2) is 0 Å². The Labute approximate surface area is 145 Å². The van der Waals surface area contributed by atoms with Crippen LogP contribution in [0.4, 0.5) is 0 Å². The summed E-state index contributed by atoms with van der Waals surface area (Å²) >= 11 is 0. The van der Waals surface area contributed by atoms with E-state index in [4.69, 9.17) is 5.11 Å². The Morgan fingerprint density at radius 1 is 1.33 bits per heavy atom. The molecule has 0 bridgehead atoms. The molecular weight excluding hydrogens is 300 g/mol. The molecule has 24 heavy (non-hydrogen) atoms. The summed E-state index contributed by atoms with van der Waals surface area (Å²) in [6, 6.07) is 6.79. The third-order valence-electron chi connectivity index (χ3n) is 4.90. The van der Waals surface area contributed by atoms with Crippen LogP contribution in [0.1, 0.15) is 36.0 Å². The number of amides is 1. The fourth-order valence-electron chi connectivity index (χ4n) is 3.31. The molecule has 1 aromatic rings. The maximum Gasteiger partial charge on any atom is 0.246 e. The van der Waals surface area contributed by atoms with Gasteiger partial charge in [0.2, 0.25) is 5.91 Å². The van der Waals surface area contributed by atoms with Crippen LogP contribution in [0.25, 0.3) is 6.08 Å². The smallest absolute Gasteiger partial charge is 0.246 e. The highest BCUT2D eigenvalue weighted by molar-refractivity contribution is 5.92. The quantitative estimate of drug-likeness (QED) is 0.816. The van der Waals surface area contributed by atoms with Crippen LogP contribution in [0.3, 0.4) is 0 Å². The van der Waals surface area contributed by atoms with E-state index in [0.29, 0.717) is 6.04 Å². The molecule has 132 valence electrons. The summed E-state index contributed by atoms with van der Waals surface area (Å²) in [6.45, 7) is 6.93. The predicted molar refractivity (Wildman–Crippen MR) is 98.9 cm³/mol. The van der Waals surface area contributed by atoms with Gasteiger partial charge in [-0.25, -0.2) is 0 Å². The Kier molecular flexibility index (Phi) is 7.00. The maximum absolute atomic E-state index is 12.4. The molecule has 1 aromatic carbocycles. The molecule has 0 radical (unpaired) electrons. The van der Waals surface area contributed by atoms with Crippen LogP contribution < -0.4 is 0 Å². The summed E-state index contributed by atoms with van der Waals surface area (Å²) in [5.74, 6) is 0.103. The zero-order valence-electron chi connectivity index (χ0n) is 15.2. The second-order valence-electron chi connectivity index (χ2n) is 6.81. The SMILES string of the molecule is Cc1ccc(/C=C/C(=O)N2CCC(N(C)CCCO)CC2)c(C)c1. The van der Waals surface area contributed by atoms with E-state index in [2.05, 4.69) is 44.0 Å². The number of carbonyl (C=O) groups excluding carboxylic acids is 1. The number of aryl methyl sites for hydroxylation is 2. The predicted octanol–water partition coefficient (Wildman–Crippen LogP) is 2.62. The lowest BCUT2D eigenvalue weighted by Gasteiger charge is -2.36. The molecule has 1 saturated heterocycles. The van der Waals surface area contributed by atoms with Gasteiger partial charge in [-0.3, -0.25) is 4.79 Å². The summed E-state index contributed by atoms with van der Waals surface area (Å²) in [4.78, 5) is 16.6. The highest BCUT2D eigenvalue weighted by Gasteiger charge is 2.23. The van der Waals surface area contributed by atoms with E-state index in [-0.39, 0.29) is 12.5 Å². The van der Waals surface area contributed by atoms with Gasteiger partial charge in [0.1, 0.15) is 0 Å². The molecule has 1 amide bonds. The van der Waals surface area contributed by atoms with Crippen molar-refractivity contribution in [1.29, 1.82) is 0 Å². The van der Waals surface area contributed by atoms with Crippen LogP contribution in [-0.4, -0.2) is 60.1 Å². The minimum absolute atomic E-state index is 0.103. The fraction of sp³-hybridized carbons (Fsp3) is 0.550. The molecule has 1 fully saturated rings. The molecule has 0 saturated carbocycles. The average molecular weight is 330 g/mol. The van der Waals surface area contributed by atoms with Crippen LogP contribution in [0.15, 0.2) is 24.3 Å². The van der Waals surface area contributed by atoms with E-state index in [0.717, 1.165) is 44.5 Å². The average Bonchev–Trinajstić information content (AvgIpc) is 2.58. The Morgan fingerprint density at radius 2 is 2.04 bits per heavy atom. The topological polar surface area (TPSA) is 43.8 Å². The van der Waals surface area contributed by atoms with E-state index in [1.54, 1.807) is 6.08 Å².